The summed E-state index contributed by atoms with van der Waals surface area (Å²) in [5.41, 5.74) is 0.891. The van der Waals surface area contributed by atoms with E-state index in [0.717, 1.165) is 29.4 Å². The predicted octanol–water partition coefficient (Wildman–Crippen LogP) is 3.16. The van der Waals surface area contributed by atoms with Crippen molar-refractivity contribution in [2.24, 2.45) is 29.6 Å². The first-order valence-corrected chi connectivity index (χ1v) is 7.52. The molecule has 98 valence electrons. The molecule has 5 rings (SSSR count). The van der Waals surface area contributed by atoms with Crippen molar-refractivity contribution < 1.29 is 0 Å². The van der Waals surface area contributed by atoms with Crippen molar-refractivity contribution in [3.05, 3.63) is 24.0 Å². The van der Waals surface area contributed by atoms with Crippen LogP contribution in [0, 0.1) is 40.9 Å². The largest absolute Gasteiger partial charge is 0.198 e. The third-order valence-corrected chi connectivity index (χ3v) is 5.74. The Bertz CT molecular complexity index is 476. The van der Waals surface area contributed by atoms with Gasteiger partial charge in [0.2, 0.25) is 0 Å². The lowest BCUT2D eigenvalue weighted by Crippen LogP contribution is -2.47. The maximum absolute atomic E-state index is 9.65. The van der Waals surface area contributed by atoms with Gasteiger partial charge in [-0.15, -0.1) is 0 Å². The van der Waals surface area contributed by atoms with Gasteiger partial charge in [0.1, 0.15) is 0 Å². The van der Waals surface area contributed by atoms with E-state index in [1.54, 1.807) is 6.20 Å². The third kappa shape index (κ3) is 1.77. The predicted molar refractivity (Wildman–Crippen MR) is 70.9 cm³/mol. The zero-order valence-electron chi connectivity index (χ0n) is 11.1. The molecule has 4 saturated carbocycles. The summed E-state index contributed by atoms with van der Waals surface area (Å²) in [5.74, 6) is 3.95. The van der Waals surface area contributed by atoms with E-state index in [9.17, 15) is 5.26 Å². The van der Waals surface area contributed by atoms with Crippen LogP contribution in [0.2, 0.25) is 0 Å². The molecule has 4 fully saturated rings. The molecule has 3 heteroatoms. The topological polar surface area (TPSA) is 49.6 Å². The van der Waals surface area contributed by atoms with Gasteiger partial charge in [0.25, 0.3) is 0 Å². The van der Waals surface area contributed by atoms with E-state index < -0.39 is 0 Å². The molecule has 4 aliphatic rings. The van der Waals surface area contributed by atoms with Gasteiger partial charge in [0.15, 0.2) is 0 Å². The Balaban J connectivity index is 1.66. The monoisotopic (exact) mass is 253 g/mol. The molecule has 0 amide bonds. The Labute approximate surface area is 114 Å². The minimum Gasteiger partial charge on any atom is -0.198 e. The first kappa shape index (κ1) is 11.4. The Morgan fingerprint density at radius 3 is 2.32 bits per heavy atom. The molecule has 0 saturated heterocycles. The van der Waals surface area contributed by atoms with Crippen molar-refractivity contribution in [1.29, 1.82) is 5.26 Å². The van der Waals surface area contributed by atoms with Crippen LogP contribution in [0.4, 0.5) is 0 Å². The smallest absolute Gasteiger partial charge is 0.0936 e. The number of rotatable bonds is 2. The van der Waals surface area contributed by atoms with Crippen LogP contribution >= 0.6 is 0 Å². The van der Waals surface area contributed by atoms with Crippen molar-refractivity contribution >= 4 is 0 Å². The number of aromatic nitrogens is 2. The van der Waals surface area contributed by atoms with Gasteiger partial charge < -0.3 is 0 Å². The zero-order valence-corrected chi connectivity index (χ0v) is 11.1. The fourth-order valence-electron chi connectivity index (χ4n) is 5.34. The zero-order chi connectivity index (χ0) is 12.8. The summed E-state index contributed by atoms with van der Waals surface area (Å²) < 4.78 is 0. The van der Waals surface area contributed by atoms with Crippen molar-refractivity contribution in [1.82, 2.24) is 10.2 Å². The molecule has 1 atom stereocenters. The average Bonchev–Trinajstić information content (AvgIpc) is 2.43. The molecule has 0 radical (unpaired) electrons. The molecule has 4 aliphatic carbocycles. The minimum absolute atomic E-state index is 0.0382. The summed E-state index contributed by atoms with van der Waals surface area (Å²) in [6, 6.07) is 6.43. The number of nitriles is 1. The molecule has 0 aliphatic heterocycles. The number of hydrogen-bond acceptors (Lipinski definition) is 3. The van der Waals surface area contributed by atoms with Crippen molar-refractivity contribution in [3.8, 4) is 6.07 Å². The summed E-state index contributed by atoms with van der Waals surface area (Å²) in [6.07, 6.45) is 8.58. The van der Waals surface area contributed by atoms with Crippen molar-refractivity contribution in [2.75, 3.05) is 0 Å². The molecule has 3 nitrogen and oxygen atoms in total. The normalized spacial score (nSPS) is 40.9. The Morgan fingerprint density at radius 1 is 1.11 bits per heavy atom. The average molecular weight is 253 g/mol. The number of nitrogens with zero attached hydrogens (tertiary/aromatic N) is 3. The van der Waals surface area contributed by atoms with Gasteiger partial charge in [0.05, 0.1) is 17.7 Å². The highest BCUT2D eigenvalue weighted by molar-refractivity contribution is 5.19. The van der Waals surface area contributed by atoms with Crippen LogP contribution in [0.15, 0.2) is 18.3 Å². The second-order valence-corrected chi connectivity index (χ2v) is 6.76. The van der Waals surface area contributed by atoms with Gasteiger partial charge in [-0.3, -0.25) is 0 Å². The molecule has 0 spiro atoms. The molecule has 0 N–H and O–H groups in total. The van der Waals surface area contributed by atoms with Gasteiger partial charge in [-0.1, -0.05) is 0 Å². The molecule has 0 aromatic carbocycles. The van der Waals surface area contributed by atoms with Crippen LogP contribution in [0.25, 0.3) is 0 Å². The van der Waals surface area contributed by atoms with Crippen LogP contribution in [-0.2, 0) is 0 Å². The van der Waals surface area contributed by atoms with E-state index in [0.29, 0.717) is 5.92 Å². The minimum atomic E-state index is -0.0382. The summed E-state index contributed by atoms with van der Waals surface area (Å²) in [4.78, 5) is 0. The van der Waals surface area contributed by atoms with Crippen LogP contribution in [-0.4, -0.2) is 10.2 Å². The van der Waals surface area contributed by atoms with Gasteiger partial charge in [-0.05, 0) is 73.8 Å². The molecule has 1 heterocycles. The Kier molecular flexibility index (Phi) is 2.58. The standard InChI is InChI=1S/C16H19N3/c17-9-14(15-2-1-3-18-19-15)16-12-5-10-4-11(7-12)8-13(16)6-10/h1-3,10-14,16H,4-8H2. The quantitative estimate of drug-likeness (QED) is 0.813. The lowest BCUT2D eigenvalue weighted by atomic mass is 9.49. The lowest BCUT2D eigenvalue weighted by molar-refractivity contribution is -0.0416. The van der Waals surface area contributed by atoms with Crippen LogP contribution < -0.4 is 0 Å². The molecule has 4 bridgehead atoms. The lowest BCUT2D eigenvalue weighted by Gasteiger charge is -2.55. The van der Waals surface area contributed by atoms with E-state index in [1.165, 1.54) is 32.1 Å². The Morgan fingerprint density at radius 2 is 1.79 bits per heavy atom. The SMILES string of the molecule is N#CC(c1cccnn1)C1C2CC3CC(C2)CC1C3. The third-order valence-electron chi connectivity index (χ3n) is 5.74. The first-order valence-electron chi connectivity index (χ1n) is 7.52. The molecule has 1 aromatic rings. The summed E-state index contributed by atoms with van der Waals surface area (Å²) in [7, 11) is 0. The second-order valence-electron chi connectivity index (χ2n) is 6.76. The van der Waals surface area contributed by atoms with Gasteiger partial charge in [-0.2, -0.15) is 15.5 Å². The molecular weight excluding hydrogens is 234 g/mol. The Hall–Kier alpha value is -1.43. The molecule has 1 unspecified atom stereocenters. The molecule has 1 aromatic heterocycles. The van der Waals surface area contributed by atoms with Crippen molar-refractivity contribution in [3.63, 3.8) is 0 Å². The van der Waals surface area contributed by atoms with E-state index >= 15 is 0 Å². The van der Waals surface area contributed by atoms with E-state index in [4.69, 9.17) is 0 Å². The summed E-state index contributed by atoms with van der Waals surface area (Å²) in [5, 5.41) is 17.8. The molecular formula is C16H19N3. The fourth-order valence-corrected chi connectivity index (χ4v) is 5.34. The highest BCUT2D eigenvalue weighted by atomic mass is 15.1. The first-order chi connectivity index (χ1) is 9.35. The van der Waals surface area contributed by atoms with Crippen LogP contribution in [0.5, 0.6) is 0 Å². The highest BCUT2D eigenvalue weighted by Gasteiger charge is 2.51. The van der Waals surface area contributed by atoms with Crippen LogP contribution in [0.1, 0.15) is 43.7 Å². The fraction of sp³-hybridized carbons (Fsp3) is 0.688. The van der Waals surface area contributed by atoms with E-state index in [2.05, 4.69) is 16.3 Å². The molecule has 19 heavy (non-hydrogen) atoms. The summed E-state index contributed by atoms with van der Waals surface area (Å²) in [6.45, 7) is 0. The maximum Gasteiger partial charge on any atom is 0.0936 e. The van der Waals surface area contributed by atoms with Gasteiger partial charge >= 0.3 is 0 Å². The summed E-state index contributed by atoms with van der Waals surface area (Å²) >= 11 is 0. The van der Waals surface area contributed by atoms with E-state index in [1.807, 2.05) is 12.1 Å². The second kappa shape index (κ2) is 4.30. The van der Waals surface area contributed by atoms with Gasteiger partial charge in [0, 0.05) is 6.20 Å². The number of hydrogen-bond donors (Lipinski definition) is 0. The highest BCUT2D eigenvalue weighted by Crippen LogP contribution is 2.59. The van der Waals surface area contributed by atoms with Gasteiger partial charge in [-0.25, -0.2) is 0 Å². The van der Waals surface area contributed by atoms with E-state index in [-0.39, 0.29) is 5.92 Å². The van der Waals surface area contributed by atoms with Crippen LogP contribution in [0.3, 0.4) is 0 Å². The maximum atomic E-state index is 9.65. The van der Waals surface area contributed by atoms with Crippen molar-refractivity contribution in [2.45, 2.75) is 38.0 Å².